The number of aryl methyl sites for hydroxylation is 1. The first-order chi connectivity index (χ1) is 10.5. The molecule has 0 saturated carbocycles. The Morgan fingerprint density at radius 1 is 1.41 bits per heavy atom. The lowest BCUT2D eigenvalue weighted by atomic mass is 10.1. The van der Waals surface area contributed by atoms with Crippen molar-refractivity contribution in [3.63, 3.8) is 0 Å². The zero-order chi connectivity index (χ0) is 15.7. The van der Waals surface area contributed by atoms with Crippen LogP contribution in [0.5, 0.6) is 0 Å². The summed E-state index contributed by atoms with van der Waals surface area (Å²) in [5.41, 5.74) is 3.75. The number of pyridine rings is 1. The van der Waals surface area contributed by atoms with Crippen molar-refractivity contribution in [3.8, 4) is 11.3 Å². The van der Waals surface area contributed by atoms with Gasteiger partial charge in [-0.25, -0.2) is 14.3 Å². The van der Waals surface area contributed by atoms with E-state index in [2.05, 4.69) is 20.4 Å². The van der Waals surface area contributed by atoms with Gasteiger partial charge in [0.05, 0.1) is 23.6 Å². The molecular weight excluding hydrogens is 306 g/mol. The maximum atomic E-state index is 10.6. The van der Waals surface area contributed by atoms with E-state index < -0.39 is 6.09 Å². The number of nitrogens with one attached hydrogen (secondary N) is 1. The third-order valence-corrected chi connectivity index (χ3v) is 3.33. The van der Waals surface area contributed by atoms with Crippen LogP contribution >= 0.6 is 11.6 Å². The van der Waals surface area contributed by atoms with Gasteiger partial charge in [0.2, 0.25) is 0 Å². The van der Waals surface area contributed by atoms with Crippen molar-refractivity contribution in [1.29, 1.82) is 0 Å². The van der Waals surface area contributed by atoms with Crippen molar-refractivity contribution < 1.29 is 9.90 Å². The fourth-order valence-electron chi connectivity index (χ4n) is 2.24. The normalized spacial score (nSPS) is 10.8. The first-order valence-electron chi connectivity index (χ1n) is 6.48. The molecule has 0 spiro atoms. The van der Waals surface area contributed by atoms with Crippen molar-refractivity contribution in [2.45, 2.75) is 13.5 Å². The molecule has 3 aromatic rings. The molecule has 0 bridgehead atoms. The van der Waals surface area contributed by atoms with Crippen molar-refractivity contribution in [2.24, 2.45) is 0 Å². The summed E-state index contributed by atoms with van der Waals surface area (Å²) in [5, 5.41) is 15.6. The van der Waals surface area contributed by atoms with Crippen molar-refractivity contribution in [2.75, 3.05) is 0 Å². The average Bonchev–Trinajstić information content (AvgIpc) is 2.80. The number of carboxylic acid groups (broad SMARTS) is 1. The zero-order valence-electron chi connectivity index (χ0n) is 11.6. The van der Waals surface area contributed by atoms with E-state index in [1.807, 2.05) is 13.0 Å². The maximum Gasteiger partial charge on any atom is 0.404 e. The van der Waals surface area contributed by atoms with E-state index in [-0.39, 0.29) is 6.54 Å². The van der Waals surface area contributed by atoms with Gasteiger partial charge in [-0.2, -0.15) is 5.10 Å². The third-order valence-electron chi connectivity index (χ3n) is 3.13. The van der Waals surface area contributed by atoms with Crippen molar-refractivity contribution >= 4 is 23.3 Å². The summed E-state index contributed by atoms with van der Waals surface area (Å²) in [6, 6.07) is 7.10. The molecule has 3 rings (SSSR count). The molecule has 0 aliphatic carbocycles. The minimum absolute atomic E-state index is 0.132. The molecule has 0 aliphatic heterocycles. The lowest BCUT2D eigenvalue weighted by molar-refractivity contribution is 0.194. The second kappa shape index (κ2) is 5.61. The van der Waals surface area contributed by atoms with Crippen LogP contribution in [0.4, 0.5) is 4.79 Å². The number of hydrogen-bond acceptors (Lipinski definition) is 4. The number of imidazole rings is 1. The fourth-order valence-corrected chi connectivity index (χ4v) is 2.38. The monoisotopic (exact) mass is 317 g/mol. The Morgan fingerprint density at radius 2 is 2.23 bits per heavy atom. The first-order valence-corrected chi connectivity index (χ1v) is 6.86. The van der Waals surface area contributed by atoms with E-state index in [0.717, 1.165) is 17.0 Å². The van der Waals surface area contributed by atoms with E-state index in [1.54, 1.807) is 28.9 Å². The van der Waals surface area contributed by atoms with E-state index >= 15 is 0 Å². The lowest BCUT2D eigenvalue weighted by Gasteiger charge is -2.05. The molecule has 7 nitrogen and oxygen atoms in total. The molecule has 2 N–H and O–H groups in total. The highest BCUT2D eigenvalue weighted by Crippen LogP contribution is 2.25. The lowest BCUT2D eigenvalue weighted by Crippen LogP contribution is -2.20. The van der Waals surface area contributed by atoms with Crippen molar-refractivity contribution in [1.82, 2.24) is 24.9 Å². The maximum absolute atomic E-state index is 10.6. The molecule has 3 heterocycles. The van der Waals surface area contributed by atoms with Crippen LogP contribution in [-0.2, 0) is 6.54 Å². The van der Waals surface area contributed by atoms with E-state index in [0.29, 0.717) is 16.5 Å². The van der Waals surface area contributed by atoms with Gasteiger partial charge in [0.25, 0.3) is 0 Å². The van der Waals surface area contributed by atoms with Crippen LogP contribution in [0.1, 0.15) is 11.4 Å². The molecule has 0 aromatic carbocycles. The van der Waals surface area contributed by atoms with Crippen LogP contribution in [0.3, 0.4) is 0 Å². The highest BCUT2D eigenvalue weighted by atomic mass is 35.5. The van der Waals surface area contributed by atoms with Gasteiger partial charge in [-0.15, -0.1) is 0 Å². The molecule has 0 unspecified atom stereocenters. The summed E-state index contributed by atoms with van der Waals surface area (Å²) in [6.07, 6.45) is 0.532. The number of hydrogen-bond donors (Lipinski definition) is 2. The van der Waals surface area contributed by atoms with Gasteiger partial charge in [-0.1, -0.05) is 11.6 Å². The second-order valence-corrected chi connectivity index (χ2v) is 5.05. The van der Waals surface area contributed by atoms with Crippen LogP contribution < -0.4 is 5.32 Å². The quantitative estimate of drug-likeness (QED) is 0.774. The Morgan fingerprint density at radius 3 is 3.00 bits per heavy atom. The van der Waals surface area contributed by atoms with Gasteiger partial charge < -0.3 is 10.4 Å². The average molecular weight is 318 g/mol. The Bertz CT molecular complexity index is 862. The number of carbonyl (C=O) groups is 1. The number of halogens is 1. The molecule has 1 amide bonds. The molecule has 0 saturated heterocycles. The Labute approximate surface area is 130 Å². The summed E-state index contributed by atoms with van der Waals surface area (Å²) in [5.74, 6) is 0. The highest BCUT2D eigenvalue weighted by molar-refractivity contribution is 6.29. The van der Waals surface area contributed by atoms with Gasteiger partial charge in [0, 0.05) is 11.8 Å². The van der Waals surface area contributed by atoms with Crippen LogP contribution in [0.25, 0.3) is 16.9 Å². The smallest absolute Gasteiger partial charge is 0.404 e. The van der Waals surface area contributed by atoms with Gasteiger partial charge in [0.15, 0.2) is 5.65 Å². The molecule has 0 atom stereocenters. The molecule has 8 heteroatoms. The molecule has 0 radical (unpaired) electrons. The Kier molecular flexibility index (Phi) is 3.64. The van der Waals surface area contributed by atoms with Crippen molar-refractivity contribution in [3.05, 3.63) is 47.0 Å². The summed E-state index contributed by atoms with van der Waals surface area (Å²) in [6.45, 7) is 2.01. The summed E-state index contributed by atoms with van der Waals surface area (Å²) in [7, 11) is 0. The van der Waals surface area contributed by atoms with E-state index in [4.69, 9.17) is 16.7 Å². The van der Waals surface area contributed by atoms with Gasteiger partial charge in [-0.05, 0) is 31.2 Å². The van der Waals surface area contributed by atoms with Crippen LogP contribution in [0.15, 0.2) is 30.5 Å². The molecule has 0 fully saturated rings. The first kappa shape index (κ1) is 14.3. The number of amides is 1. The van der Waals surface area contributed by atoms with Crippen LogP contribution in [0.2, 0.25) is 5.15 Å². The third kappa shape index (κ3) is 2.71. The van der Waals surface area contributed by atoms with Gasteiger partial charge >= 0.3 is 6.09 Å². The van der Waals surface area contributed by atoms with Gasteiger partial charge in [0.1, 0.15) is 5.15 Å². The van der Waals surface area contributed by atoms with E-state index in [9.17, 15) is 4.79 Å². The van der Waals surface area contributed by atoms with E-state index in [1.165, 1.54) is 0 Å². The standard InChI is InChI=1S/C14H12ClN5O2/c1-8-13(20-12(18-8)3-2-11(15)19-20)9-4-5-16-10(6-9)7-17-14(21)22/h2-6,17H,7H2,1H3,(H,21,22). The second-order valence-electron chi connectivity index (χ2n) is 4.67. The zero-order valence-corrected chi connectivity index (χ0v) is 12.4. The van der Waals surface area contributed by atoms with Crippen LogP contribution in [0, 0.1) is 6.92 Å². The fraction of sp³-hybridized carbons (Fsp3) is 0.143. The van der Waals surface area contributed by atoms with Crippen LogP contribution in [-0.4, -0.2) is 30.8 Å². The molecule has 22 heavy (non-hydrogen) atoms. The summed E-state index contributed by atoms with van der Waals surface area (Å²) in [4.78, 5) is 19.2. The highest BCUT2D eigenvalue weighted by Gasteiger charge is 2.13. The number of fused-ring (bicyclic) bond motifs is 1. The predicted molar refractivity (Wildman–Crippen MR) is 80.8 cm³/mol. The molecule has 0 aliphatic rings. The number of aromatic nitrogens is 4. The Balaban J connectivity index is 2.07. The molecule has 3 aromatic heterocycles. The SMILES string of the molecule is Cc1nc2ccc(Cl)nn2c1-c1ccnc(CNC(=O)O)c1. The minimum Gasteiger partial charge on any atom is -0.465 e. The predicted octanol–water partition coefficient (Wildman–Crippen LogP) is 2.52. The minimum atomic E-state index is -1.09. The number of nitrogens with zero attached hydrogens (tertiary/aromatic N) is 4. The summed E-state index contributed by atoms with van der Waals surface area (Å²) < 4.78 is 1.67. The summed E-state index contributed by atoms with van der Waals surface area (Å²) >= 11 is 5.96. The largest absolute Gasteiger partial charge is 0.465 e. The molecule has 112 valence electrons. The Hall–Kier alpha value is -2.67. The number of rotatable bonds is 3. The molecular formula is C14H12ClN5O2. The van der Waals surface area contributed by atoms with Gasteiger partial charge in [-0.3, -0.25) is 4.98 Å². The topological polar surface area (TPSA) is 92.4 Å².